The monoisotopic (exact) mass is 526 g/mol. The van der Waals surface area contributed by atoms with E-state index in [1.54, 1.807) is 16.9 Å². The van der Waals surface area contributed by atoms with Crippen molar-refractivity contribution < 1.29 is 9.53 Å². The van der Waals surface area contributed by atoms with Gasteiger partial charge in [-0.05, 0) is 55.2 Å². The number of hydrogen-bond donors (Lipinski definition) is 0. The Labute approximate surface area is 230 Å². The van der Waals surface area contributed by atoms with Crippen LogP contribution in [0.25, 0.3) is 5.69 Å². The Bertz CT molecular complexity index is 1410. The standard InChI is InChI=1S/C31H38N6O2/c1-23-28(24(2)37(32-23)26-9-7-6-8-10-26)21-34-17-19-35(20-18-34)30(38)29-15-16-36(33-29)22-39-27-13-11-25(12-14-27)31(3,4)5/h6-16H,17-22H2,1-5H3. The summed E-state index contributed by atoms with van der Waals surface area (Å²) in [5.41, 5.74) is 6.35. The fourth-order valence-corrected chi connectivity index (χ4v) is 4.96. The molecule has 4 aromatic rings. The molecule has 0 saturated carbocycles. The minimum absolute atomic E-state index is 0.0350. The molecule has 1 fully saturated rings. The molecule has 1 aliphatic rings. The van der Waals surface area contributed by atoms with E-state index in [0.717, 1.165) is 42.5 Å². The van der Waals surface area contributed by atoms with Gasteiger partial charge in [-0.15, -0.1) is 0 Å². The lowest BCUT2D eigenvalue weighted by Gasteiger charge is -2.34. The predicted molar refractivity (Wildman–Crippen MR) is 152 cm³/mol. The molecule has 0 N–H and O–H groups in total. The van der Waals surface area contributed by atoms with Crippen molar-refractivity contribution in [2.24, 2.45) is 0 Å². The molecule has 0 atom stereocenters. The molecule has 0 aliphatic carbocycles. The fraction of sp³-hybridized carbons (Fsp3) is 0.387. The number of carbonyl (C=O) groups is 1. The second kappa shape index (κ2) is 11.1. The van der Waals surface area contributed by atoms with Crippen LogP contribution in [0.3, 0.4) is 0 Å². The zero-order valence-corrected chi connectivity index (χ0v) is 23.6. The van der Waals surface area contributed by atoms with Gasteiger partial charge in [-0.1, -0.05) is 51.1 Å². The van der Waals surface area contributed by atoms with Crippen LogP contribution in [0.4, 0.5) is 0 Å². The van der Waals surface area contributed by atoms with Gasteiger partial charge in [0.25, 0.3) is 5.91 Å². The van der Waals surface area contributed by atoms with Crippen LogP contribution < -0.4 is 4.74 Å². The van der Waals surface area contributed by atoms with Gasteiger partial charge >= 0.3 is 0 Å². The summed E-state index contributed by atoms with van der Waals surface area (Å²) in [5.74, 6) is 0.745. The van der Waals surface area contributed by atoms with Crippen LogP contribution in [0.1, 0.15) is 53.8 Å². The number of piperazine rings is 1. The maximum atomic E-state index is 13.1. The number of amides is 1. The van der Waals surface area contributed by atoms with Crippen LogP contribution in [0.2, 0.25) is 0 Å². The Kier molecular flexibility index (Phi) is 7.57. The van der Waals surface area contributed by atoms with Crippen LogP contribution in [0.15, 0.2) is 66.9 Å². The van der Waals surface area contributed by atoms with Gasteiger partial charge in [0, 0.05) is 50.2 Å². The van der Waals surface area contributed by atoms with E-state index in [1.165, 1.54) is 11.1 Å². The molecule has 8 heteroatoms. The summed E-state index contributed by atoms with van der Waals surface area (Å²) in [6.07, 6.45) is 1.79. The summed E-state index contributed by atoms with van der Waals surface area (Å²) in [6.45, 7) is 14.8. The van der Waals surface area contributed by atoms with Crippen LogP contribution in [-0.2, 0) is 18.7 Å². The number of carbonyl (C=O) groups excluding carboxylic acids is 1. The molecule has 0 radical (unpaired) electrons. The average Bonchev–Trinajstić information content (AvgIpc) is 3.52. The summed E-state index contributed by atoms with van der Waals surface area (Å²) in [7, 11) is 0. The Balaban J connectivity index is 1.13. The van der Waals surface area contributed by atoms with E-state index in [9.17, 15) is 4.79 Å². The number of para-hydroxylation sites is 1. The third kappa shape index (κ3) is 6.06. The SMILES string of the molecule is Cc1nn(-c2ccccc2)c(C)c1CN1CCN(C(=O)c2ccn(COc3ccc(C(C)(C)C)cc3)n2)CC1. The van der Waals surface area contributed by atoms with Crippen molar-refractivity contribution in [2.75, 3.05) is 26.2 Å². The molecule has 2 aromatic carbocycles. The largest absolute Gasteiger partial charge is 0.471 e. The van der Waals surface area contributed by atoms with Crippen molar-refractivity contribution in [3.8, 4) is 11.4 Å². The molecule has 0 unspecified atom stereocenters. The summed E-state index contributed by atoms with van der Waals surface area (Å²) in [6, 6.07) is 20.1. The number of nitrogens with zero attached hydrogens (tertiary/aromatic N) is 6. The zero-order valence-electron chi connectivity index (χ0n) is 23.6. The highest BCUT2D eigenvalue weighted by atomic mass is 16.5. The van der Waals surface area contributed by atoms with Gasteiger partial charge in [-0.2, -0.15) is 10.2 Å². The summed E-state index contributed by atoms with van der Waals surface area (Å²) in [5, 5.41) is 9.26. The number of benzene rings is 2. The van der Waals surface area contributed by atoms with E-state index in [2.05, 4.69) is 68.9 Å². The molecule has 5 rings (SSSR count). The Morgan fingerprint density at radius 1 is 0.897 bits per heavy atom. The number of aromatic nitrogens is 4. The highest BCUT2D eigenvalue weighted by Crippen LogP contribution is 2.24. The number of aryl methyl sites for hydroxylation is 1. The normalized spacial score (nSPS) is 14.5. The molecule has 0 bridgehead atoms. The first kappa shape index (κ1) is 26.7. The summed E-state index contributed by atoms with van der Waals surface area (Å²) in [4.78, 5) is 17.4. The molecule has 39 heavy (non-hydrogen) atoms. The highest BCUT2D eigenvalue weighted by molar-refractivity contribution is 5.92. The van der Waals surface area contributed by atoms with E-state index in [4.69, 9.17) is 9.84 Å². The van der Waals surface area contributed by atoms with Crippen LogP contribution >= 0.6 is 0 Å². The maximum absolute atomic E-state index is 13.1. The maximum Gasteiger partial charge on any atom is 0.274 e. The smallest absolute Gasteiger partial charge is 0.274 e. The minimum Gasteiger partial charge on any atom is -0.471 e. The Morgan fingerprint density at radius 3 is 2.26 bits per heavy atom. The second-order valence-electron chi connectivity index (χ2n) is 11.3. The molecule has 1 saturated heterocycles. The van der Waals surface area contributed by atoms with E-state index >= 15 is 0 Å². The van der Waals surface area contributed by atoms with Gasteiger partial charge in [0.2, 0.25) is 0 Å². The van der Waals surface area contributed by atoms with Crippen molar-refractivity contribution in [3.63, 3.8) is 0 Å². The molecule has 1 aliphatic heterocycles. The predicted octanol–water partition coefficient (Wildman–Crippen LogP) is 4.98. The lowest BCUT2D eigenvalue weighted by molar-refractivity contribution is 0.0620. The highest BCUT2D eigenvalue weighted by Gasteiger charge is 2.25. The number of ether oxygens (including phenoxy) is 1. The van der Waals surface area contributed by atoms with E-state index in [0.29, 0.717) is 18.8 Å². The van der Waals surface area contributed by atoms with Gasteiger partial charge in [0.15, 0.2) is 12.4 Å². The molecule has 8 nitrogen and oxygen atoms in total. The number of hydrogen-bond acceptors (Lipinski definition) is 5. The average molecular weight is 527 g/mol. The molecule has 1 amide bonds. The summed E-state index contributed by atoms with van der Waals surface area (Å²) >= 11 is 0. The van der Waals surface area contributed by atoms with Gasteiger partial charge in [-0.25, -0.2) is 9.36 Å². The lowest BCUT2D eigenvalue weighted by Crippen LogP contribution is -2.48. The first-order valence-corrected chi connectivity index (χ1v) is 13.6. The van der Waals surface area contributed by atoms with E-state index < -0.39 is 0 Å². The first-order chi connectivity index (χ1) is 18.7. The van der Waals surface area contributed by atoms with Crippen LogP contribution in [0, 0.1) is 13.8 Å². The van der Waals surface area contributed by atoms with Gasteiger partial charge in [0.05, 0.1) is 11.4 Å². The number of rotatable bonds is 7. The summed E-state index contributed by atoms with van der Waals surface area (Å²) < 4.78 is 9.56. The van der Waals surface area contributed by atoms with Gasteiger partial charge in [-0.3, -0.25) is 9.69 Å². The lowest BCUT2D eigenvalue weighted by atomic mass is 9.87. The first-order valence-electron chi connectivity index (χ1n) is 13.6. The van der Waals surface area contributed by atoms with Crippen molar-refractivity contribution in [2.45, 2.75) is 53.3 Å². The van der Waals surface area contributed by atoms with Crippen molar-refractivity contribution in [1.29, 1.82) is 0 Å². The third-order valence-corrected chi connectivity index (χ3v) is 7.43. The zero-order chi connectivity index (χ0) is 27.6. The minimum atomic E-state index is -0.0350. The van der Waals surface area contributed by atoms with E-state index in [1.807, 2.05) is 39.9 Å². The quantitative estimate of drug-likeness (QED) is 0.340. The van der Waals surface area contributed by atoms with Gasteiger partial charge < -0.3 is 9.64 Å². The molecule has 2 aromatic heterocycles. The molecule has 204 valence electrons. The topological polar surface area (TPSA) is 68.4 Å². The van der Waals surface area contributed by atoms with Crippen molar-refractivity contribution in [3.05, 3.63) is 95.1 Å². The Morgan fingerprint density at radius 2 is 1.59 bits per heavy atom. The molecular weight excluding hydrogens is 488 g/mol. The third-order valence-electron chi connectivity index (χ3n) is 7.43. The van der Waals surface area contributed by atoms with Crippen LogP contribution in [0.5, 0.6) is 5.75 Å². The van der Waals surface area contributed by atoms with Crippen molar-refractivity contribution in [1.82, 2.24) is 29.4 Å². The van der Waals surface area contributed by atoms with Gasteiger partial charge in [0.1, 0.15) is 5.75 Å². The molecule has 3 heterocycles. The Hall–Kier alpha value is -3.91. The molecule has 0 spiro atoms. The molecular formula is C31H38N6O2. The van der Waals surface area contributed by atoms with Crippen molar-refractivity contribution >= 4 is 5.91 Å². The van der Waals surface area contributed by atoms with Crippen LogP contribution in [-0.4, -0.2) is 61.4 Å². The second-order valence-corrected chi connectivity index (χ2v) is 11.3. The fourth-order valence-electron chi connectivity index (χ4n) is 4.96. The van der Waals surface area contributed by atoms with E-state index in [-0.39, 0.29) is 18.1 Å².